The topological polar surface area (TPSA) is 125 Å². The summed E-state index contributed by atoms with van der Waals surface area (Å²) in [7, 11) is 1.27. The van der Waals surface area contributed by atoms with Crippen molar-refractivity contribution >= 4 is 25.5 Å². The van der Waals surface area contributed by atoms with Gasteiger partial charge in [0.15, 0.2) is 11.9 Å². The van der Waals surface area contributed by atoms with Gasteiger partial charge in [-0.2, -0.15) is 0 Å². The molecule has 0 aliphatic rings. The molecule has 1 N–H and O–H groups in total. The fourth-order valence-corrected chi connectivity index (χ4v) is 5.92. The lowest BCUT2D eigenvalue weighted by atomic mass is 10.1. The summed E-state index contributed by atoms with van der Waals surface area (Å²) < 4.78 is 34.0. The van der Waals surface area contributed by atoms with E-state index >= 15 is 0 Å². The number of phosphoric acid groups is 1. The first kappa shape index (κ1) is 57.3. The molecule has 0 aromatic carbocycles. The number of hydrogen-bond acceptors (Lipinski definition) is 8. The second-order valence-corrected chi connectivity index (χ2v) is 17.2. The van der Waals surface area contributed by atoms with Crippen LogP contribution in [0.1, 0.15) is 136 Å². The molecule has 0 bridgehead atoms. The molecule has 0 fully saturated rings. The number of carbonyl (C=O) groups is 3. The van der Waals surface area contributed by atoms with Crippen LogP contribution in [0.3, 0.4) is 0 Å². The van der Waals surface area contributed by atoms with E-state index in [0.29, 0.717) is 17.4 Å². The SMILES string of the molecule is CCCCC/C=C\C/C=C\C/C=C\C=C\C(=O)CCCC(=O)O[C@H](COC(=O)CC/C=C\C/C=C\C/C=C\C/C=C\C/C=C\CCCCC)COP(=O)(O)OCC[N+](C)(C)C. The van der Waals surface area contributed by atoms with Crippen LogP contribution in [0, 0.1) is 0 Å². The van der Waals surface area contributed by atoms with Crippen LogP contribution in [0.4, 0.5) is 0 Å². The van der Waals surface area contributed by atoms with Gasteiger partial charge in [0.1, 0.15) is 19.8 Å². The van der Waals surface area contributed by atoms with Gasteiger partial charge in [0, 0.05) is 19.3 Å². The molecule has 0 rings (SSSR count). The number of carbonyl (C=O) groups excluding carboxylic acids is 3. The van der Waals surface area contributed by atoms with Gasteiger partial charge in [0.2, 0.25) is 0 Å². The summed E-state index contributed by atoms with van der Waals surface area (Å²) in [5, 5.41) is 0. The van der Waals surface area contributed by atoms with Crippen LogP contribution in [0.5, 0.6) is 0 Å². The number of quaternary nitrogens is 1. The monoisotopic (exact) mass is 871 g/mol. The molecule has 0 aliphatic heterocycles. The molecule has 0 heterocycles. The average Bonchev–Trinajstić information content (AvgIpc) is 3.21. The number of unbranched alkanes of at least 4 members (excludes halogenated alkanes) is 6. The van der Waals surface area contributed by atoms with Crippen LogP contribution in [-0.4, -0.2) is 80.7 Å². The van der Waals surface area contributed by atoms with Crippen LogP contribution < -0.4 is 0 Å². The molecule has 0 aliphatic carbocycles. The molecule has 0 saturated carbocycles. The summed E-state index contributed by atoms with van der Waals surface area (Å²) in [5.41, 5.74) is 0. The van der Waals surface area contributed by atoms with E-state index in [-0.39, 0.29) is 44.7 Å². The van der Waals surface area contributed by atoms with E-state index in [1.807, 2.05) is 45.4 Å². The van der Waals surface area contributed by atoms with Gasteiger partial charge < -0.3 is 18.9 Å². The summed E-state index contributed by atoms with van der Waals surface area (Å²) in [6, 6.07) is 0. The van der Waals surface area contributed by atoms with Crippen molar-refractivity contribution in [1.29, 1.82) is 0 Å². The average molecular weight is 871 g/mol. The Morgan fingerprint density at radius 3 is 1.56 bits per heavy atom. The van der Waals surface area contributed by atoms with Gasteiger partial charge in [-0.25, -0.2) is 4.57 Å². The largest absolute Gasteiger partial charge is 0.472 e. The van der Waals surface area contributed by atoms with E-state index < -0.39 is 32.5 Å². The van der Waals surface area contributed by atoms with E-state index in [9.17, 15) is 23.8 Å². The molecule has 61 heavy (non-hydrogen) atoms. The molecule has 10 nitrogen and oxygen atoms in total. The fraction of sp³-hybridized carbons (Fsp3) is 0.580. The van der Waals surface area contributed by atoms with Crippen molar-refractivity contribution in [2.45, 2.75) is 142 Å². The van der Waals surface area contributed by atoms with Gasteiger partial charge in [-0.3, -0.25) is 23.4 Å². The van der Waals surface area contributed by atoms with Crippen LogP contribution >= 0.6 is 7.82 Å². The number of ketones is 1. The first-order chi connectivity index (χ1) is 29.4. The summed E-state index contributed by atoms with van der Waals surface area (Å²) in [6.45, 7) is 3.96. The third-order valence-corrected chi connectivity index (χ3v) is 9.75. The van der Waals surface area contributed by atoms with Crippen LogP contribution in [-0.2, 0) is 37.5 Å². The van der Waals surface area contributed by atoms with E-state index in [0.717, 1.165) is 44.9 Å². The van der Waals surface area contributed by atoms with Crippen molar-refractivity contribution in [1.82, 2.24) is 0 Å². The molecule has 0 spiro atoms. The van der Waals surface area contributed by atoms with E-state index in [4.69, 9.17) is 18.5 Å². The minimum atomic E-state index is -4.47. The molecule has 0 amide bonds. The van der Waals surface area contributed by atoms with Crippen molar-refractivity contribution in [2.24, 2.45) is 0 Å². The molecular formula is C50H81NO9P+. The second kappa shape index (κ2) is 40.4. The zero-order valence-corrected chi connectivity index (χ0v) is 39.2. The highest BCUT2D eigenvalue weighted by Gasteiger charge is 2.27. The summed E-state index contributed by atoms with van der Waals surface area (Å²) in [4.78, 5) is 47.6. The molecule has 0 radical (unpaired) electrons. The van der Waals surface area contributed by atoms with Crippen LogP contribution in [0.15, 0.2) is 109 Å². The molecule has 0 aromatic rings. The van der Waals surface area contributed by atoms with Gasteiger partial charge in [0.05, 0.1) is 27.7 Å². The maximum atomic E-state index is 12.7. The summed E-state index contributed by atoms with van der Waals surface area (Å²) >= 11 is 0. The lowest BCUT2D eigenvalue weighted by Gasteiger charge is -2.24. The highest BCUT2D eigenvalue weighted by atomic mass is 31.2. The zero-order valence-electron chi connectivity index (χ0n) is 38.3. The van der Waals surface area contributed by atoms with Crippen molar-refractivity contribution in [3.8, 4) is 0 Å². The number of hydrogen-bond donors (Lipinski definition) is 1. The van der Waals surface area contributed by atoms with E-state index in [1.165, 1.54) is 51.0 Å². The number of likely N-dealkylation sites (N-methyl/N-ethyl adjacent to an activating group) is 1. The van der Waals surface area contributed by atoms with Crippen molar-refractivity contribution in [2.75, 3.05) is 47.5 Å². The molecule has 11 heteroatoms. The minimum Gasteiger partial charge on any atom is -0.462 e. The maximum Gasteiger partial charge on any atom is 0.472 e. The smallest absolute Gasteiger partial charge is 0.462 e. The molecule has 344 valence electrons. The summed E-state index contributed by atoms with van der Waals surface area (Å²) in [6.07, 6.45) is 51.6. The van der Waals surface area contributed by atoms with Gasteiger partial charge in [-0.1, -0.05) is 143 Å². The van der Waals surface area contributed by atoms with Crippen LogP contribution in [0.25, 0.3) is 0 Å². The predicted molar refractivity (Wildman–Crippen MR) is 252 cm³/mol. The lowest BCUT2D eigenvalue weighted by Crippen LogP contribution is -2.37. The van der Waals surface area contributed by atoms with Gasteiger partial charge in [-0.05, 0) is 83.1 Å². The van der Waals surface area contributed by atoms with Crippen molar-refractivity contribution in [3.05, 3.63) is 109 Å². The third-order valence-electron chi connectivity index (χ3n) is 8.77. The van der Waals surface area contributed by atoms with Gasteiger partial charge in [-0.15, -0.1) is 0 Å². The molecule has 0 saturated heterocycles. The standard InChI is InChI=1S/C50H80NO9P/c1-6-8-10-12-14-16-18-20-21-22-23-24-25-27-29-31-33-35-37-41-49(53)57-45-48(46-59-61(55,56)58-44-43-51(3,4)5)60-50(54)42-38-40-47(52)39-36-34-32-30-28-26-19-17-15-13-11-9-7-2/h14-17,20-21,23-24,26-29,32-36,39,48H,6-13,18-19,22,25,30-31,37-38,40-46H2,1-5H3/p+1/b16-14-,17-15-,21-20-,24-23-,28-26-,29-27-,34-32-,35-33-,39-36+/t48-/m1/s1. The Morgan fingerprint density at radius 1 is 0.557 bits per heavy atom. The zero-order chi connectivity index (χ0) is 45.1. The number of rotatable bonds is 39. The van der Waals surface area contributed by atoms with Crippen molar-refractivity contribution in [3.63, 3.8) is 0 Å². The normalized spacial score (nSPS) is 14.5. The molecule has 1 unspecified atom stereocenters. The Labute approximate surface area is 370 Å². The van der Waals surface area contributed by atoms with Gasteiger partial charge in [0.25, 0.3) is 0 Å². The lowest BCUT2D eigenvalue weighted by molar-refractivity contribution is -0.870. The summed E-state index contributed by atoms with van der Waals surface area (Å²) in [5.74, 6) is -1.29. The highest BCUT2D eigenvalue weighted by Crippen LogP contribution is 2.43. The molecule has 2 atom stereocenters. The number of nitrogens with zero attached hydrogens (tertiary/aromatic N) is 1. The third kappa shape index (κ3) is 44.2. The fourth-order valence-electron chi connectivity index (χ4n) is 5.18. The Bertz CT molecular complexity index is 1460. The van der Waals surface area contributed by atoms with E-state index in [2.05, 4.69) is 86.8 Å². The number of ether oxygens (including phenoxy) is 2. The maximum absolute atomic E-state index is 12.7. The minimum absolute atomic E-state index is 0.0287. The number of allylic oxidation sites excluding steroid dienone is 18. The number of phosphoric ester groups is 1. The van der Waals surface area contributed by atoms with Crippen LogP contribution in [0.2, 0.25) is 0 Å². The second-order valence-electron chi connectivity index (χ2n) is 15.8. The Morgan fingerprint density at radius 2 is 1.05 bits per heavy atom. The highest BCUT2D eigenvalue weighted by molar-refractivity contribution is 7.47. The first-order valence-electron chi connectivity index (χ1n) is 22.6. The Hall–Kier alpha value is -3.66. The quantitative estimate of drug-likeness (QED) is 0.0122. The number of esters is 2. The first-order valence-corrected chi connectivity index (χ1v) is 24.1. The Kier molecular flexibility index (Phi) is 38.0. The van der Waals surface area contributed by atoms with E-state index in [1.54, 1.807) is 6.08 Å². The Balaban J connectivity index is 4.69. The van der Waals surface area contributed by atoms with Crippen molar-refractivity contribution < 1.29 is 46.8 Å². The van der Waals surface area contributed by atoms with Gasteiger partial charge >= 0.3 is 19.8 Å². The predicted octanol–water partition coefficient (Wildman–Crippen LogP) is 12.3. The molecular weight excluding hydrogens is 790 g/mol. The molecule has 0 aromatic heterocycles.